The highest BCUT2D eigenvalue weighted by Crippen LogP contribution is 2.27. The fraction of sp³-hybridized carbons (Fsp3) is 0.120. The zero-order valence-electron chi connectivity index (χ0n) is 16.8. The largest absolute Gasteiger partial charge is 0.488 e. The van der Waals surface area contributed by atoms with Crippen LogP contribution in [0, 0.1) is 11.3 Å². The van der Waals surface area contributed by atoms with E-state index in [2.05, 4.69) is 37.2 Å². The molecular weight excluding hydrogens is 520 g/mol. The number of hydrogen-bond donors (Lipinski definition) is 1. The number of carbonyl (C=O) groups is 1. The standard InChI is InChI=1S/C25H20Br2N2O2/c1-17(19-5-3-2-4-6-19)29-25(30)21(15-28)13-20-14-23(27)11-12-24(20)31-16-18-7-9-22(26)10-8-18/h2-14,17H,16H2,1H3,(H,29,30)/b21-13-/t17-/m1/s1. The predicted molar refractivity (Wildman–Crippen MR) is 129 cm³/mol. The van der Waals surface area contributed by atoms with Gasteiger partial charge in [0.05, 0.1) is 6.04 Å². The van der Waals surface area contributed by atoms with Crippen LogP contribution in [-0.4, -0.2) is 5.91 Å². The van der Waals surface area contributed by atoms with Gasteiger partial charge in [0.15, 0.2) is 0 Å². The van der Waals surface area contributed by atoms with Crippen molar-refractivity contribution in [2.75, 3.05) is 0 Å². The first kappa shape index (κ1) is 22.8. The van der Waals surface area contributed by atoms with Gasteiger partial charge in [-0.15, -0.1) is 0 Å². The summed E-state index contributed by atoms with van der Waals surface area (Å²) in [6.07, 6.45) is 1.55. The van der Waals surface area contributed by atoms with E-state index in [4.69, 9.17) is 4.74 Å². The molecule has 0 unspecified atom stereocenters. The van der Waals surface area contributed by atoms with Crippen molar-refractivity contribution in [1.82, 2.24) is 5.32 Å². The molecule has 4 nitrogen and oxygen atoms in total. The van der Waals surface area contributed by atoms with Gasteiger partial charge >= 0.3 is 0 Å². The van der Waals surface area contributed by atoms with Gasteiger partial charge in [0.25, 0.3) is 5.91 Å². The number of amides is 1. The molecule has 0 fully saturated rings. The Hall–Kier alpha value is -2.88. The molecule has 0 aliphatic heterocycles. The lowest BCUT2D eigenvalue weighted by Crippen LogP contribution is -2.27. The Labute approximate surface area is 198 Å². The Kier molecular flexibility index (Phi) is 8.05. The third kappa shape index (κ3) is 6.55. The van der Waals surface area contributed by atoms with Gasteiger partial charge < -0.3 is 10.1 Å². The number of ether oxygens (including phenoxy) is 1. The van der Waals surface area contributed by atoms with Gasteiger partial charge in [-0.25, -0.2) is 0 Å². The van der Waals surface area contributed by atoms with Crippen LogP contribution >= 0.6 is 31.9 Å². The molecule has 31 heavy (non-hydrogen) atoms. The third-order valence-corrected chi connectivity index (χ3v) is 5.61. The van der Waals surface area contributed by atoms with Gasteiger partial charge in [0.1, 0.15) is 24.0 Å². The molecule has 156 valence electrons. The third-order valence-electron chi connectivity index (χ3n) is 4.59. The van der Waals surface area contributed by atoms with Crippen LogP contribution in [0.5, 0.6) is 5.75 Å². The lowest BCUT2D eigenvalue weighted by Gasteiger charge is -2.14. The second-order valence-electron chi connectivity index (χ2n) is 6.87. The number of hydrogen-bond acceptors (Lipinski definition) is 3. The first-order valence-corrected chi connectivity index (χ1v) is 11.2. The summed E-state index contributed by atoms with van der Waals surface area (Å²) >= 11 is 6.87. The number of nitrogens with zero attached hydrogens (tertiary/aromatic N) is 1. The minimum Gasteiger partial charge on any atom is -0.488 e. The van der Waals surface area contributed by atoms with Gasteiger partial charge in [-0.1, -0.05) is 74.3 Å². The molecule has 0 aliphatic rings. The van der Waals surface area contributed by atoms with E-state index in [0.29, 0.717) is 17.9 Å². The first-order chi connectivity index (χ1) is 15.0. The molecule has 0 aliphatic carbocycles. The van der Waals surface area contributed by atoms with Crippen LogP contribution in [0.4, 0.5) is 0 Å². The summed E-state index contributed by atoms with van der Waals surface area (Å²) in [5.74, 6) is 0.153. The van der Waals surface area contributed by atoms with E-state index in [9.17, 15) is 10.1 Å². The van der Waals surface area contributed by atoms with Crippen LogP contribution < -0.4 is 10.1 Å². The van der Waals surface area contributed by atoms with E-state index >= 15 is 0 Å². The normalized spacial score (nSPS) is 12.0. The molecule has 3 aromatic rings. The smallest absolute Gasteiger partial charge is 0.262 e. The molecule has 6 heteroatoms. The van der Waals surface area contributed by atoms with E-state index in [0.717, 1.165) is 20.1 Å². The van der Waals surface area contributed by atoms with Crippen LogP contribution in [0.3, 0.4) is 0 Å². The molecule has 0 radical (unpaired) electrons. The van der Waals surface area contributed by atoms with Crippen molar-refractivity contribution >= 4 is 43.8 Å². The Morgan fingerprint density at radius 3 is 2.42 bits per heavy atom. The molecule has 1 N–H and O–H groups in total. The summed E-state index contributed by atoms with van der Waals surface area (Å²) in [4.78, 5) is 12.7. The zero-order valence-corrected chi connectivity index (χ0v) is 20.0. The number of halogens is 2. The molecule has 0 aromatic heterocycles. The molecule has 0 bridgehead atoms. The Morgan fingerprint density at radius 2 is 1.74 bits per heavy atom. The van der Waals surface area contributed by atoms with Crippen molar-refractivity contribution in [1.29, 1.82) is 5.26 Å². The summed E-state index contributed by atoms with van der Waals surface area (Å²) in [7, 11) is 0. The van der Waals surface area contributed by atoms with Gasteiger partial charge in [0, 0.05) is 14.5 Å². The molecule has 3 rings (SSSR count). The Bertz CT molecular complexity index is 1120. The molecule has 0 saturated heterocycles. The highest BCUT2D eigenvalue weighted by atomic mass is 79.9. The van der Waals surface area contributed by atoms with Crippen LogP contribution in [0.25, 0.3) is 6.08 Å². The van der Waals surface area contributed by atoms with Crippen LogP contribution in [0.2, 0.25) is 0 Å². The first-order valence-electron chi connectivity index (χ1n) is 9.60. The van der Waals surface area contributed by atoms with Crippen LogP contribution in [0.1, 0.15) is 29.7 Å². The fourth-order valence-corrected chi connectivity index (χ4v) is 3.55. The van der Waals surface area contributed by atoms with E-state index < -0.39 is 5.91 Å². The van der Waals surface area contributed by atoms with Gasteiger partial charge in [-0.3, -0.25) is 4.79 Å². The average Bonchev–Trinajstić information content (AvgIpc) is 2.78. The molecule has 3 aromatic carbocycles. The molecule has 1 amide bonds. The predicted octanol–water partition coefficient (Wildman–Crippen LogP) is 6.57. The number of benzene rings is 3. The average molecular weight is 540 g/mol. The van der Waals surface area contributed by atoms with E-state index in [1.807, 2.05) is 85.8 Å². The minimum atomic E-state index is -0.433. The second-order valence-corrected chi connectivity index (χ2v) is 8.70. The zero-order chi connectivity index (χ0) is 22.2. The van der Waals surface area contributed by atoms with Crippen molar-refractivity contribution in [3.05, 3.63) is 104 Å². The molecule has 0 heterocycles. The SMILES string of the molecule is C[C@@H](NC(=O)/C(C#N)=C\c1cc(Br)ccc1OCc1ccc(Br)cc1)c1ccccc1. The molecule has 1 atom stereocenters. The van der Waals surface area contributed by atoms with Crippen molar-refractivity contribution in [3.63, 3.8) is 0 Å². The van der Waals surface area contributed by atoms with Crippen LogP contribution in [0.15, 0.2) is 87.3 Å². The summed E-state index contributed by atoms with van der Waals surface area (Å²) in [5, 5.41) is 12.5. The van der Waals surface area contributed by atoms with Crippen LogP contribution in [-0.2, 0) is 11.4 Å². The van der Waals surface area contributed by atoms with Crippen molar-refractivity contribution in [3.8, 4) is 11.8 Å². The topological polar surface area (TPSA) is 62.1 Å². The number of nitriles is 1. The summed E-state index contributed by atoms with van der Waals surface area (Å²) in [6, 6.07) is 24.7. The number of carbonyl (C=O) groups excluding carboxylic acids is 1. The highest BCUT2D eigenvalue weighted by Gasteiger charge is 2.15. The highest BCUT2D eigenvalue weighted by molar-refractivity contribution is 9.10. The molecular formula is C25H20Br2N2O2. The summed E-state index contributed by atoms with van der Waals surface area (Å²) < 4.78 is 7.79. The minimum absolute atomic E-state index is 0.00868. The van der Waals surface area contributed by atoms with Crippen molar-refractivity contribution < 1.29 is 9.53 Å². The second kappa shape index (κ2) is 10.9. The lowest BCUT2D eigenvalue weighted by molar-refractivity contribution is -0.117. The van der Waals surface area contributed by atoms with E-state index in [1.165, 1.54) is 0 Å². The Morgan fingerprint density at radius 1 is 1.06 bits per heavy atom. The maximum atomic E-state index is 12.7. The summed E-state index contributed by atoms with van der Waals surface area (Å²) in [5.41, 5.74) is 2.63. The molecule has 0 spiro atoms. The monoisotopic (exact) mass is 538 g/mol. The quantitative estimate of drug-likeness (QED) is 0.272. The number of nitrogens with one attached hydrogen (secondary N) is 1. The van der Waals surface area contributed by atoms with E-state index in [-0.39, 0.29) is 11.6 Å². The van der Waals surface area contributed by atoms with Crippen molar-refractivity contribution in [2.45, 2.75) is 19.6 Å². The lowest BCUT2D eigenvalue weighted by atomic mass is 10.1. The maximum absolute atomic E-state index is 12.7. The molecule has 0 saturated carbocycles. The van der Waals surface area contributed by atoms with Gasteiger partial charge in [-0.05, 0) is 54.5 Å². The summed E-state index contributed by atoms with van der Waals surface area (Å²) in [6.45, 7) is 2.25. The van der Waals surface area contributed by atoms with Crippen molar-refractivity contribution in [2.24, 2.45) is 0 Å². The maximum Gasteiger partial charge on any atom is 0.262 e. The Balaban J connectivity index is 1.79. The fourth-order valence-electron chi connectivity index (χ4n) is 2.91. The van der Waals surface area contributed by atoms with Gasteiger partial charge in [-0.2, -0.15) is 5.26 Å². The number of rotatable bonds is 7. The van der Waals surface area contributed by atoms with E-state index in [1.54, 1.807) is 6.08 Å². The van der Waals surface area contributed by atoms with Gasteiger partial charge in [0.2, 0.25) is 0 Å².